The van der Waals surface area contributed by atoms with Crippen molar-refractivity contribution in [2.45, 2.75) is 18.5 Å². The van der Waals surface area contributed by atoms with E-state index in [0.29, 0.717) is 25.1 Å². The second-order valence-electron chi connectivity index (χ2n) is 7.19. The normalized spacial score (nSPS) is 22.1. The van der Waals surface area contributed by atoms with Gasteiger partial charge in [0, 0.05) is 37.9 Å². The van der Waals surface area contributed by atoms with Gasteiger partial charge in [0.05, 0.1) is 11.6 Å². The van der Waals surface area contributed by atoms with Crippen molar-refractivity contribution >= 4 is 11.6 Å². The molecule has 2 atom stereocenters. The Morgan fingerprint density at radius 1 is 1.00 bits per heavy atom. The quantitative estimate of drug-likeness (QED) is 0.751. The number of benzene rings is 2. The standard InChI is InChI=1S/C21H23N5O2/c22-14-15-1-5-17(6-2-15)25-9-11-26(12-10-25)21(28)20-13-19(23-24-20)16-3-7-18(27)8-4-16/h1-8,19-20,23-24,27H,9-13H2. The molecule has 4 rings (SSSR count). The maximum Gasteiger partial charge on any atom is 0.241 e. The van der Waals surface area contributed by atoms with E-state index in [4.69, 9.17) is 5.26 Å². The van der Waals surface area contributed by atoms with E-state index in [2.05, 4.69) is 21.8 Å². The van der Waals surface area contributed by atoms with Crippen molar-refractivity contribution in [1.82, 2.24) is 15.8 Å². The van der Waals surface area contributed by atoms with Gasteiger partial charge in [0.25, 0.3) is 0 Å². The first-order valence-electron chi connectivity index (χ1n) is 9.48. The predicted molar refractivity (Wildman–Crippen MR) is 105 cm³/mol. The number of aromatic hydroxyl groups is 1. The van der Waals surface area contributed by atoms with E-state index in [9.17, 15) is 9.90 Å². The molecule has 7 heteroatoms. The van der Waals surface area contributed by atoms with Gasteiger partial charge in [-0.05, 0) is 48.4 Å². The molecule has 0 bridgehead atoms. The van der Waals surface area contributed by atoms with Crippen LogP contribution in [0.4, 0.5) is 5.69 Å². The highest BCUT2D eigenvalue weighted by atomic mass is 16.3. The van der Waals surface area contributed by atoms with E-state index in [0.717, 1.165) is 24.3 Å². The minimum atomic E-state index is -0.250. The summed E-state index contributed by atoms with van der Waals surface area (Å²) in [7, 11) is 0. The molecule has 2 fully saturated rings. The smallest absolute Gasteiger partial charge is 0.241 e. The zero-order chi connectivity index (χ0) is 19.5. The van der Waals surface area contributed by atoms with Crippen molar-refractivity contribution in [2.75, 3.05) is 31.1 Å². The first-order chi connectivity index (χ1) is 13.6. The Morgan fingerprint density at radius 3 is 2.32 bits per heavy atom. The average Bonchev–Trinajstić information content (AvgIpc) is 3.24. The fourth-order valence-corrected chi connectivity index (χ4v) is 3.80. The lowest BCUT2D eigenvalue weighted by molar-refractivity contribution is -0.133. The molecule has 2 saturated heterocycles. The molecule has 2 heterocycles. The van der Waals surface area contributed by atoms with Crippen LogP contribution in [0.15, 0.2) is 48.5 Å². The Balaban J connectivity index is 1.31. The van der Waals surface area contributed by atoms with Crippen LogP contribution in [-0.4, -0.2) is 48.1 Å². The third kappa shape index (κ3) is 3.79. The Hall–Kier alpha value is -3.08. The Kier molecular flexibility index (Phi) is 5.15. The number of rotatable bonds is 3. The van der Waals surface area contributed by atoms with Gasteiger partial charge in [-0.15, -0.1) is 0 Å². The van der Waals surface area contributed by atoms with Crippen molar-refractivity contribution in [3.8, 4) is 11.8 Å². The number of phenolic OH excluding ortho intramolecular Hbond substituents is 1. The number of amides is 1. The molecule has 0 saturated carbocycles. The first kappa shape index (κ1) is 18.3. The van der Waals surface area contributed by atoms with Gasteiger partial charge in [-0.25, -0.2) is 10.9 Å². The van der Waals surface area contributed by atoms with E-state index in [-0.39, 0.29) is 23.7 Å². The van der Waals surface area contributed by atoms with Crippen LogP contribution in [0.25, 0.3) is 0 Å². The largest absolute Gasteiger partial charge is 0.508 e. The lowest BCUT2D eigenvalue weighted by atomic mass is 10.0. The van der Waals surface area contributed by atoms with Crippen molar-refractivity contribution < 1.29 is 9.90 Å². The van der Waals surface area contributed by atoms with Crippen LogP contribution >= 0.6 is 0 Å². The van der Waals surface area contributed by atoms with Gasteiger partial charge < -0.3 is 14.9 Å². The van der Waals surface area contributed by atoms with Crippen LogP contribution in [0.3, 0.4) is 0 Å². The molecule has 2 unspecified atom stereocenters. The fraction of sp³-hybridized carbons (Fsp3) is 0.333. The number of hydrogen-bond donors (Lipinski definition) is 3. The van der Waals surface area contributed by atoms with Crippen LogP contribution in [0.2, 0.25) is 0 Å². The summed E-state index contributed by atoms with van der Waals surface area (Å²) < 4.78 is 0. The molecule has 2 aromatic rings. The molecule has 0 radical (unpaired) electrons. The third-order valence-corrected chi connectivity index (χ3v) is 5.45. The molecule has 2 aliphatic heterocycles. The molecule has 3 N–H and O–H groups in total. The average molecular weight is 377 g/mol. The van der Waals surface area contributed by atoms with Crippen LogP contribution in [0.1, 0.15) is 23.6 Å². The van der Waals surface area contributed by atoms with Crippen LogP contribution in [0, 0.1) is 11.3 Å². The van der Waals surface area contributed by atoms with Gasteiger partial charge in [0.1, 0.15) is 11.8 Å². The van der Waals surface area contributed by atoms with Crippen molar-refractivity contribution in [3.05, 3.63) is 59.7 Å². The number of carbonyl (C=O) groups is 1. The van der Waals surface area contributed by atoms with E-state index < -0.39 is 0 Å². The van der Waals surface area contributed by atoms with Crippen molar-refractivity contribution in [3.63, 3.8) is 0 Å². The van der Waals surface area contributed by atoms with E-state index in [1.165, 1.54) is 0 Å². The summed E-state index contributed by atoms with van der Waals surface area (Å²) in [5.74, 6) is 0.357. The maximum absolute atomic E-state index is 12.9. The molecule has 144 valence electrons. The summed E-state index contributed by atoms with van der Waals surface area (Å²) in [6.07, 6.45) is 0.680. The fourth-order valence-electron chi connectivity index (χ4n) is 3.80. The number of piperazine rings is 1. The van der Waals surface area contributed by atoms with Gasteiger partial charge in [-0.3, -0.25) is 4.79 Å². The van der Waals surface area contributed by atoms with Crippen LogP contribution in [0.5, 0.6) is 5.75 Å². The van der Waals surface area contributed by atoms with Gasteiger partial charge >= 0.3 is 0 Å². The lowest BCUT2D eigenvalue weighted by Gasteiger charge is -2.37. The monoisotopic (exact) mass is 377 g/mol. The molecule has 28 heavy (non-hydrogen) atoms. The predicted octanol–water partition coefficient (Wildman–Crippen LogP) is 1.52. The molecule has 1 amide bonds. The van der Waals surface area contributed by atoms with Crippen molar-refractivity contribution in [1.29, 1.82) is 5.26 Å². The summed E-state index contributed by atoms with van der Waals surface area (Å²) in [6.45, 7) is 2.92. The number of anilines is 1. The van der Waals surface area contributed by atoms with E-state index in [1.807, 2.05) is 41.3 Å². The summed E-state index contributed by atoms with van der Waals surface area (Å²) in [6, 6.07) is 16.6. The van der Waals surface area contributed by atoms with E-state index in [1.54, 1.807) is 12.1 Å². The number of nitrogens with zero attached hydrogens (tertiary/aromatic N) is 3. The zero-order valence-corrected chi connectivity index (χ0v) is 15.5. The molecule has 7 nitrogen and oxygen atoms in total. The van der Waals surface area contributed by atoms with Gasteiger partial charge in [-0.2, -0.15) is 5.26 Å². The molecule has 0 aromatic heterocycles. The van der Waals surface area contributed by atoms with Crippen LogP contribution < -0.4 is 15.8 Å². The van der Waals surface area contributed by atoms with Crippen LogP contribution in [-0.2, 0) is 4.79 Å². The number of phenols is 1. The molecule has 2 aromatic carbocycles. The highest BCUT2D eigenvalue weighted by Gasteiger charge is 2.34. The second kappa shape index (κ2) is 7.89. The third-order valence-electron chi connectivity index (χ3n) is 5.45. The molecular formula is C21H23N5O2. The second-order valence-corrected chi connectivity index (χ2v) is 7.19. The van der Waals surface area contributed by atoms with E-state index >= 15 is 0 Å². The summed E-state index contributed by atoms with van der Waals surface area (Å²) >= 11 is 0. The number of nitrogens with one attached hydrogen (secondary N) is 2. The maximum atomic E-state index is 12.9. The molecule has 0 aliphatic carbocycles. The van der Waals surface area contributed by atoms with Gasteiger partial charge in [0.2, 0.25) is 5.91 Å². The molecule has 0 spiro atoms. The van der Waals surface area contributed by atoms with Gasteiger partial charge in [0.15, 0.2) is 0 Å². The zero-order valence-electron chi connectivity index (χ0n) is 15.5. The number of hydrazine groups is 1. The number of nitriles is 1. The minimum Gasteiger partial charge on any atom is -0.508 e. The Bertz CT molecular complexity index is 867. The highest BCUT2D eigenvalue weighted by Crippen LogP contribution is 2.25. The SMILES string of the molecule is N#Cc1ccc(N2CCN(C(=O)C3CC(c4ccc(O)cc4)NN3)CC2)cc1. The summed E-state index contributed by atoms with van der Waals surface area (Å²) in [5.41, 5.74) is 9.10. The van der Waals surface area contributed by atoms with Crippen molar-refractivity contribution in [2.24, 2.45) is 0 Å². The highest BCUT2D eigenvalue weighted by molar-refractivity contribution is 5.82. The Morgan fingerprint density at radius 2 is 1.68 bits per heavy atom. The molecular weight excluding hydrogens is 354 g/mol. The summed E-state index contributed by atoms with van der Waals surface area (Å²) in [4.78, 5) is 17.0. The topological polar surface area (TPSA) is 91.6 Å². The summed E-state index contributed by atoms with van der Waals surface area (Å²) in [5, 5.41) is 18.3. The minimum absolute atomic E-state index is 0.0505. The first-order valence-corrected chi connectivity index (χ1v) is 9.48. The number of hydrogen-bond acceptors (Lipinski definition) is 6. The number of carbonyl (C=O) groups excluding carboxylic acids is 1. The molecule has 2 aliphatic rings. The Labute approximate surface area is 164 Å². The van der Waals surface area contributed by atoms with Gasteiger partial charge in [-0.1, -0.05) is 12.1 Å². The lowest BCUT2D eigenvalue weighted by Crippen LogP contribution is -2.53.